The summed E-state index contributed by atoms with van der Waals surface area (Å²) in [6.07, 6.45) is 0.958. The number of carbonyl (C=O) groups excluding carboxylic acids is 1. The van der Waals surface area contributed by atoms with Crippen LogP contribution in [0.1, 0.15) is 16.8 Å². The molecule has 0 atom stereocenters. The Morgan fingerprint density at radius 2 is 1.53 bits per heavy atom. The second-order valence-electron chi connectivity index (χ2n) is 7.21. The molecule has 0 fully saturated rings. The van der Waals surface area contributed by atoms with Crippen molar-refractivity contribution < 1.29 is 14.3 Å². The molecule has 3 rings (SSSR count). The Morgan fingerprint density at radius 1 is 0.833 bits per heavy atom. The number of amides is 1. The van der Waals surface area contributed by atoms with E-state index in [1.54, 1.807) is 24.1 Å². The van der Waals surface area contributed by atoms with Crippen LogP contribution in [0.25, 0.3) is 0 Å². The van der Waals surface area contributed by atoms with Crippen molar-refractivity contribution in [2.75, 3.05) is 39.3 Å². The van der Waals surface area contributed by atoms with E-state index in [0.29, 0.717) is 17.9 Å². The number of methoxy groups -OCH3 is 1. The van der Waals surface area contributed by atoms with Crippen LogP contribution in [0.3, 0.4) is 0 Å². The van der Waals surface area contributed by atoms with Gasteiger partial charge in [-0.25, -0.2) is 0 Å². The third kappa shape index (κ3) is 5.61. The van der Waals surface area contributed by atoms with Crippen LogP contribution >= 0.6 is 0 Å². The van der Waals surface area contributed by atoms with Gasteiger partial charge in [-0.1, -0.05) is 24.3 Å². The highest BCUT2D eigenvalue weighted by Gasteiger charge is 2.20. The lowest BCUT2D eigenvalue weighted by atomic mass is 10.1. The first-order chi connectivity index (χ1) is 14.6. The maximum atomic E-state index is 13.4. The van der Waals surface area contributed by atoms with Crippen LogP contribution in [0.5, 0.6) is 11.5 Å². The summed E-state index contributed by atoms with van der Waals surface area (Å²) < 4.78 is 11.1. The molecule has 3 aromatic carbocycles. The monoisotopic (exact) mass is 404 g/mol. The van der Waals surface area contributed by atoms with E-state index >= 15 is 0 Å². The molecule has 156 valence electrons. The van der Waals surface area contributed by atoms with Crippen molar-refractivity contribution in [2.24, 2.45) is 0 Å². The molecule has 0 aliphatic heterocycles. The first-order valence-corrected chi connectivity index (χ1v) is 9.99. The lowest BCUT2D eigenvalue weighted by molar-refractivity contribution is 0.0999. The molecule has 0 unspecified atom stereocenters. The summed E-state index contributed by atoms with van der Waals surface area (Å²) in [7, 11) is 5.69. The zero-order valence-electron chi connectivity index (χ0n) is 17.7. The molecule has 5 heteroatoms. The molecular formula is C25H28N2O3. The standard InChI is InChI=1S/C25H28N2O3/c1-26(2)17-8-18-30-23-15-13-22(14-16-23)27(21-10-5-4-6-11-21)25(28)20-9-7-12-24(19-20)29-3/h4-7,9-16,19H,8,17-18H2,1-3H3. The van der Waals surface area contributed by atoms with Gasteiger partial charge in [0.1, 0.15) is 11.5 Å². The minimum atomic E-state index is -0.125. The Morgan fingerprint density at radius 3 is 2.20 bits per heavy atom. The van der Waals surface area contributed by atoms with Crippen LogP contribution in [0.2, 0.25) is 0 Å². The van der Waals surface area contributed by atoms with Gasteiger partial charge in [-0.05, 0) is 75.1 Å². The van der Waals surface area contributed by atoms with Gasteiger partial charge in [-0.2, -0.15) is 0 Å². The molecule has 0 aliphatic carbocycles. The van der Waals surface area contributed by atoms with Crippen LogP contribution in [0, 0.1) is 0 Å². The SMILES string of the molecule is COc1cccc(C(=O)N(c2ccccc2)c2ccc(OCCCN(C)C)cc2)c1. The molecule has 0 saturated heterocycles. The molecule has 1 amide bonds. The summed E-state index contributed by atoms with van der Waals surface area (Å²) in [5, 5.41) is 0. The molecule has 0 heterocycles. The van der Waals surface area contributed by atoms with Crippen LogP contribution < -0.4 is 14.4 Å². The summed E-state index contributed by atoms with van der Waals surface area (Å²) in [6.45, 7) is 1.64. The lowest BCUT2D eigenvalue weighted by Crippen LogP contribution is -2.25. The van der Waals surface area contributed by atoms with Gasteiger partial charge in [0.25, 0.3) is 5.91 Å². The van der Waals surface area contributed by atoms with Crippen molar-refractivity contribution in [3.63, 3.8) is 0 Å². The minimum absolute atomic E-state index is 0.125. The number of nitrogens with zero attached hydrogens (tertiary/aromatic N) is 2. The molecular weight excluding hydrogens is 376 g/mol. The number of hydrogen-bond acceptors (Lipinski definition) is 4. The van der Waals surface area contributed by atoms with Crippen LogP contribution in [-0.2, 0) is 0 Å². The normalized spacial score (nSPS) is 10.7. The van der Waals surface area contributed by atoms with Crippen molar-refractivity contribution in [1.82, 2.24) is 4.90 Å². The van der Waals surface area contributed by atoms with E-state index in [0.717, 1.165) is 30.1 Å². The molecule has 3 aromatic rings. The van der Waals surface area contributed by atoms with Crippen molar-refractivity contribution in [1.29, 1.82) is 0 Å². The van der Waals surface area contributed by atoms with Crippen LogP contribution in [-0.4, -0.2) is 45.2 Å². The maximum absolute atomic E-state index is 13.4. The Kier molecular flexibility index (Phi) is 7.46. The molecule has 30 heavy (non-hydrogen) atoms. The van der Waals surface area contributed by atoms with E-state index in [9.17, 15) is 4.79 Å². The van der Waals surface area contributed by atoms with E-state index in [-0.39, 0.29) is 5.91 Å². The number of rotatable bonds is 9. The number of carbonyl (C=O) groups is 1. The van der Waals surface area contributed by atoms with E-state index in [2.05, 4.69) is 4.90 Å². The van der Waals surface area contributed by atoms with Crippen molar-refractivity contribution in [2.45, 2.75) is 6.42 Å². The fraction of sp³-hybridized carbons (Fsp3) is 0.240. The molecule has 0 bridgehead atoms. The highest BCUT2D eigenvalue weighted by atomic mass is 16.5. The molecule has 0 radical (unpaired) electrons. The van der Waals surface area contributed by atoms with Crippen LogP contribution in [0.15, 0.2) is 78.9 Å². The second kappa shape index (κ2) is 10.5. The van der Waals surface area contributed by atoms with Gasteiger partial charge < -0.3 is 14.4 Å². The van der Waals surface area contributed by atoms with E-state index in [1.165, 1.54) is 0 Å². The second-order valence-corrected chi connectivity index (χ2v) is 7.21. The lowest BCUT2D eigenvalue weighted by Gasteiger charge is -2.23. The average Bonchev–Trinajstić information content (AvgIpc) is 2.78. The smallest absolute Gasteiger partial charge is 0.262 e. The zero-order chi connectivity index (χ0) is 21.3. The highest BCUT2D eigenvalue weighted by Crippen LogP contribution is 2.29. The van der Waals surface area contributed by atoms with Crippen molar-refractivity contribution >= 4 is 17.3 Å². The third-order valence-corrected chi connectivity index (χ3v) is 4.65. The fourth-order valence-corrected chi connectivity index (χ4v) is 3.11. The third-order valence-electron chi connectivity index (χ3n) is 4.65. The molecule has 0 N–H and O–H groups in total. The Hall–Kier alpha value is -3.31. The van der Waals surface area contributed by atoms with Gasteiger partial charge in [0.15, 0.2) is 0 Å². The maximum Gasteiger partial charge on any atom is 0.262 e. The van der Waals surface area contributed by atoms with Gasteiger partial charge >= 0.3 is 0 Å². The minimum Gasteiger partial charge on any atom is -0.497 e. The first kappa shape index (κ1) is 21.4. The first-order valence-electron chi connectivity index (χ1n) is 9.99. The molecule has 0 aromatic heterocycles. The van der Waals surface area contributed by atoms with Gasteiger partial charge in [0, 0.05) is 23.5 Å². The van der Waals surface area contributed by atoms with Gasteiger partial charge in [-0.15, -0.1) is 0 Å². The van der Waals surface area contributed by atoms with E-state index in [1.807, 2.05) is 80.8 Å². The van der Waals surface area contributed by atoms with E-state index < -0.39 is 0 Å². The highest BCUT2D eigenvalue weighted by molar-refractivity contribution is 6.11. The Labute approximate surface area is 178 Å². The average molecular weight is 405 g/mol. The fourth-order valence-electron chi connectivity index (χ4n) is 3.11. The number of anilines is 2. The topological polar surface area (TPSA) is 42.0 Å². The van der Waals surface area contributed by atoms with Gasteiger partial charge in [-0.3, -0.25) is 9.69 Å². The summed E-state index contributed by atoms with van der Waals surface area (Å²) in [5.74, 6) is 1.31. The van der Waals surface area contributed by atoms with Crippen molar-refractivity contribution in [3.05, 3.63) is 84.4 Å². The molecule has 0 spiro atoms. The quantitative estimate of drug-likeness (QED) is 0.471. The van der Waals surface area contributed by atoms with Gasteiger partial charge in [0.05, 0.1) is 13.7 Å². The Balaban J connectivity index is 1.83. The summed E-state index contributed by atoms with van der Waals surface area (Å²) in [5.41, 5.74) is 2.13. The summed E-state index contributed by atoms with van der Waals surface area (Å²) in [4.78, 5) is 17.2. The predicted molar refractivity (Wildman–Crippen MR) is 121 cm³/mol. The molecule has 0 saturated carbocycles. The molecule has 0 aliphatic rings. The Bertz CT molecular complexity index is 940. The number of para-hydroxylation sites is 1. The van der Waals surface area contributed by atoms with Crippen LogP contribution in [0.4, 0.5) is 11.4 Å². The largest absolute Gasteiger partial charge is 0.497 e. The van der Waals surface area contributed by atoms with E-state index in [4.69, 9.17) is 9.47 Å². The number of hydrogen-bond donors (Lipinski definition) is 0. The molecule has 5 nitrogen and oxygen atoms in total. The van der Waals surface area contributed by atoms with Gasteiger partial charge in [0.2, 0.25) is 0 Å². The number of benzene rings is 3. The zero-order valence-corrected chi connectivity index (χ0v) is 17.7. The summed E-state index contributed by atoms with van der Waals surface area (Å²) in [6, 6.07) is 24.4. The summed E-state index contributed by atoms with van der Waals surface area (Å²) >= 11 is 0. The van der Waals surface area contributed by atoms with Crippen molar-refractivity contribution in [3.8, 4) is 11.5 Å². The predicted octanol–water partition coefficient (Wildman–Crippen LogP) is 5.00. The number of ether oxygens (including phenoxy) is 2.